The van der Waals surface area contributed by atoms with Gasteiger partial charge in [-0.15, -0.1) is 6.58 Å². The zero-order chi connectivity index (χ0) is 25.4. The third kappa shape index (κ3) is 6.76. The second kappa shape index (κ2) is 10.7. The maximum atomic E-state index is 13.6. The van der Waals surface area contributed by atoms with E-state index in [1.165, 1.54) is 4.90 Å². The standard InChI is InChI=1S/C23H38N5O5.V/c1-9-14-11-23(14,19(31)27-24)26-17(29)15-10-13(2)12-28(15)18(30)16(21(3,4)5)25-20(32)33-22(6,7)8;/h9,13-16,24H,1,10-12H2,2-8H3,(H,25,32)(H,26,29)(H,27,31);/q-1;/t13-,14?,15+,16-,23-;/m1./s1. The van der Waals surface area contributed by atoms with Gasteiger partial charge in [0.15, 0.2) is 0 Å². The Hall–Kier alpha value is -2.04. The predicted molar refractivity (Wildman–Crippen MR) is 124 cm³/mol. The first-order valence-electron chi connectivity index (χ1n) is 11.3. The molecule has 11 heteroatoms. The number of rotatable bonds is 6. The molecule has 0 spiro atoms. The summed E-state index contributed by atoms with van der Waals surface area (Å²) < 4.78 is 5.34. The van der Waals surface area contributed by atoms with Crippen molar-refractivity contribution < 1.29 is 42.5 Å². The number of hydrogen-bond acceptors (Lipinski definition) is 5. The molecule has 0 bridgehead atoms. The monoisotopic (exact) mass is 515 g/mol. The van der Waals surface area contributed by atoms with Gasteiger partial charge in [-0.05, 0) is 44.9 Å². The maximum Gasteiger partial charge on any atom is 0.408 e. The molecule has 0 aromatic rings. The number of carbonyl (C=O) groups is 4. The number of nitrogens with one attached hydrogen (secondary N) is 4. The van der Waals surface area contributed by atoms with Crippen LogP contribution in [0.2, 0.25) is 0 Å². The minimum atomic E-state index is -1.21. The van der Waals surface area contributed by atoms with Crippen LogP contribution in [0.5, 0.6) is 0 Å². The number of amides is 4. The van der Waals surface area contributed by atoms with Crippen molar-refractivity contribution in [2.45, 2.75) is 84.5 Å². The van der Waals surface area contributed by atoms with Gasteiger partial charge in [-0.3, -0.25) is 14.4 Å². The van der Waals surface area contributed by atoms with Crippen LogP contribution >= 0.6 is 0 Å². The second-order valence-corrected chi connectivity index (χ2v) is 11.3. The van der Waals surface area contributed by atoms with Gasteiger partial charge in [0.1, 0.15) is 23.2 Å². The molecule has 191 valence electrons. The molecular weight excluding hydrogens is 477 g/mol. The van der Waals surface area contributed by atoms with Gasteiger partial charge in [0.2, 0.25) is 17.7 Å². The van der Waals surface area contributed by atoms with Crippen molar-refractivity contribution in [2.75, 3.05) is 6.54 Å². The van der Waals surface area contributed by atoms with Crippen molar-refractivity contribution >= 4 is 23.8 Å². The number of likely N-dealkylation sites (tertiary alicyclic amines) is 1. The molecule has 1 unspecified atom stereocenters. The van der Waals surface area contributed by atoms with Crippen molar-refractivity contribution in [3.8, 4) is 0 Å². The van der Waals surface area contributed by atoms with Crippen molar-refractivity contribution in [1.82, 2.24) is 21.0 Å². The van der Waals surface area contributed by atoms with Crippen molar-refractivity contribution in [3.63, 3.8) is 0 Å². The summed E-state index contributed by atoms with van der Waals surface area (Å²) in [6.45, 7) is 16.7. The number of ether oxygens (including phenoxy) is 1. The molecule has 1 aliphatic heterocycles. The van der Waals surface area contributed by atoms with Crippen LogP contribution in [0.4, 0.5) is 4.79 Å². The van der Waals surface area contributed by atoms with Gasteiger partial charge < -0.3 is 31.5 Å². The molecule has 2 aliphatic rings. The van der Waals surface area contributed by atoms with Crippen LogP contribution in [0.25, 0.3) is 5.84 Å². The molecule has 0 aromatic carbocycles. The molecule has 10 nitrogen and oxygen atoms in total. The Balaban J connectivity index is 0.00000578. The van der Waals surface area contributed by atoms with E-state index in [1.54, 1.807) is 26.8 Å². The molecular formula is C23H38N5O5V-. The molecule has 4 amide bonds. The summed E-state index contributed by atoms with van der Waals surface area (Å²) in [5.74, 6) is 5.56. The van der Waals surface area contributed by atoms with E-state index in [4.69, 9.17) is 10.6 Å². The Morgan fingerprint density at radius 2 is 1.76 bits per heavy atom. The first-order chi connectivity index (χ1) is 15.1. The molecule has 0 aromatic heterocycles. The van der Waals surface area contributed by atoms with Crippen LogP contribution in [0, 0.1) is 17.3 Å². The summed E-state index contributed by atoms with van der Waals surface area (Å²) in [7, 11) is 0. The predicted octanol–water partition coefficient (Wildman–Crippen LogP) is 2.30. The van der Waals surface area contributed by atoms with Gasteiger partial charge in [-0.1, -0.05) is 33.8 Å². The first-order valence-corrected chi connectivity index (χ1v) is 11.3. The first kappa shape index (κ1) is 30.0. The van der Waals surface area contributed by atoms with Crippen LogP contribution in [0.15, 0.2) is 12.7 Å². The van der Waals surface area contributed by atoms with Gasteiger partial charge >= 0.3 is 6.09 Å². The van der Waals surface area contributed by atoms with E-state index in [2.05, 4.69) is 17.2 Å². The topological polar surface area (TPSA) is 141 Å². The SMILES string of the molecule is C=CC1C[C@]1(NC(=O)[C@@H]1C[C@@H](C)CN1C(=O)[C@@H](NC(=O)OC(C)(C)C)C(C)(C)C)C(=O)N[NH-].[V]. The van der Waals surface area contributed by atoms with Crippen LogP contribution in [-0.4, -0.2) is 58.5 Å². The smallest absolute Gasteiger partial charge is 0.408 e. The third-order valence-corrected chi connectivity index (χ3v) is 6.03. The van der Waals surface area contributed by atoms with E-state index in [0.717, 1.165) is 0 Å². The number of alkyl carbamates (subject to hydrolysis) is 1. The van der Waals surface area contributed by atoms with Crippen molar-refractivity contribution in [1.29, 1.82) is 0 Å². The summed E-state index contributed by atoms with van der Waals surface area (Å²) in [4.78, 5) is 53.0. The molecule has 1 saturated carbocycles. The summed E-state index contributed by atoms with van der Waals surface area (Å²) in [5, 5.41) is 5.45. The van der Waals surface area contributed by atoms with Gasteiger partial charge in [0.25, 0.3) is 0 Å². The Labute approximate surface area is 214 Å². The molecule has 1 heterocycles. The Morgan fingerprint density at radius 3 is 2.21 bits per heavy atom. The number of hydrogen-bond donors (Lipinski definition) is 3. The molecule has 2 rings (SSSR count). The largest absolute Gasteiger partial charge is 0.584 e. The van der Waals surface area contributed by atoms with E-state index in [9.17, 15) is 19.2 Å². The Morgan fingerprint density at radius 1 is 1.18 bits per heavy atom. The second-order valence-electron chi connectivity index (χ2n) is 11.3. The average Bonchev–Trinajstić information content (AvgIpc) is 3.25. The molecule has 34 heavy (non-hydrogen) atoms. The summed E-state index contributed by atoms with van der Waals surface area (Å²) in [5.41, 5.74) is -0.718. The van der Waals surface area contributed by atoms with E-state index in [-0.39, 0.29) is 36.3 Å². The summed E-state index contributed by atoms with van der Waals surface area (Å²) >= 11 is 0. The number of nitrogens with zero attached hydrogens (tertiary/aromatic N) is 1. The van der Waals surface area contributed by atoms with E-state index < -0.39 is 46.5 Å². The fourth-order valence-electron chi connectivity index (χ4n) is 4.23. The zero-order valence-corrected chi connectivity index (χ0v) is 22.5. The van der Waals surface area contributed by atoms with Gasteiger partial charge in [0, 0.05) is 31.0 Å². The summed E-state index contributed by atoms with van der Waals surface area (Å²) in [6, 6.07) is -1.71. The van der Waals surface area contributed by atoms with E-state index in [0.29, 0.717) is 19.4 Å². The Bertz CT molecular complexity index is 822. The fraction of sp³-hybridized carbons (Fsp3) is 0.739. The van der Waals surface area contributed by atoms with Gasteiger partial charge in [-0.2, -0.15) is 0 Å². The van der Waals surface area contributed by atoms with Crippen LogP contribution in [-0.2, 0) is 37.7 Å². The van der Waals surface area contributed by atoms with Crippen molar-refractivity contribution in [2.24, 2.45) is 17.3 Å². The fourth-order valence-corrected chi connectivity index (χ4v) is 4.23. The normalized spacial score (nSPS) is 27.1. The Kier molecular flexibility index (Phi) is 9.44. The van der Waals surface area contributed by atoms with Crippen LogP contribution in [0.3, 0.4) is 0 Å². The molecule has 4 N–H and O–H groups in total. The van der Waals surface area contributed by atoms with Gasteiger partial charge in [-0.25, -0.2) is 4.79 Å². The molecule has 1 aliphatic carbocycles. The number of carbonyl (C=O) groups excluding carboxylic acids is 4. The molecule has 5 atom stereocenters. The molecule has 1 radical (unpaired) electrons. The third-order valence-electron chi connectivity index (χ3n) is 6.03. The quantitative estimate of drug-likeness (QED) is 0.368. The van der Waals surface area contributed by atoms with Crippen molar-refractivity contribution in [3.05, 3.63) is 18.5 Å². The van der Waals surface area contributed by atoms with Crippen LogP contribution in [0.1, 0.15) is 61.3 Å². The van der Waals surface area contributed by atoms with E-state index in [1.807, 2.05) is 33.1 Å². The maximum absolute atomic E-state index is 13.6. The summed E-state index contributed by atoms with van der Waals surface area (Å²) in [6.07, 6.45) is 1.66. The molecule has 1 saturated heterocycles. The average molecular weight is 516 g/mol. The zero-order valence-electron chi connectivity index (χ0n) is 21.2. The minimum absolute atomic E-state index is 0. The van der Waals surface area contributed by atoms with Gasteiger partial charge in [0.05, 0.1) is 0 Å². The molecule has 2 fully saturated rings. The minimum Gasteiger partial charge on any atom is -0.584 e. The van der Waals surface area contributed by atoms with E-state index >= 15 is 0 Å². The van der Waals surface area contributed by atoms with Crippen LogP contribution < -0.4 is 16.1 Å².